The lowest BCUT2D eigenvalue weighted by atomic mass is 10.1. The van der Waals surface area contributed by atoms with Gasteiger partial charge in [-0.1, -0.05) is 13.0 Å². The fourth-order valence-corrected chi connectivity index (χ4v) is 1.92. The molecule has 1 aromatic carbocycles. The average Bonchev–Trinajstić information content (AvgIpc) is 2.49. The van der Waals surface area contributed by atoms with Gasteiger partial charge in [0.1, 0.15) is 5.82 Å². The maximum Gasteiger partial charge on any atom is 0.335 e. The van der Waals surface area contributed by atoms with Gasteiger partial charge in [-0.3, -0.25) is 0 Å². The van der Waals surface area contributed by atoms with Gasteiger partial charge < -0.3 is 10.4 Å². The number of hydrogen-bond acceptors (Lipinski definition) is 4. The predicted octanol–water partition coefficient (Wildman–Crippen LogP) is 3.27. The van der Waals surface area contributed by atoms with Crippen molar-refractivity contribution in [3.05, 3.63) is 52.7 Å². The Labute approximate surface area is 122 Å². The van der Waals surface area contributed by atoms with Crippen molar-refractivity contribution in [1.29, 1.82) is 5.26 Å². The van der Waals surface area contributed by atoms with Gasteiger partial charge in [0.2, 0.25) is 0 Å². The van der Waals surface area contributed by atoms with Crippen LogP contribution >= 0.6 is 0 Å². The van der Waals surface area contributed by atoms with Crippen LogP contribution in [0.15, 0.2) is 30.3 Å². The fraction of sp³-hybridized carbons (Fsp3) is 0.188. The minimum Gasteiger partial charge on any atom is -0.478 e. The number of hydrogen-bond donors (Lipinski definition) is 2. The summed E-state index contributed by atoms with van der Waals surface area (Å²) >= 11 is 0. The van der Waals surface area contributed by atoms with Gasteiger partial charge in [0.15, 0.2) is 0 Å². The smallest absolute Gasteiger partial charge is 0.335 e. The quantitative estimate of drug-likeness (QED) is 0.898. The van der Waals surface area contributed by atoms with Crippen molar-refractivity contribution < 1.29 is 9.90 Å². The highest BCUT2D eigenvalue weighted by Crippen LogP contribution is 2.22. The molecule has 0 aliphatic carbocycles. The van der Waals surface area contributed by atoms with Crippen LogP contribution in [0.5, 0.6) is 0 Å². The molecule has 0 saturated heterocycles. The Morgan fingerprint density at radius 1 is 1.38 bits per heavy atom. The van der Waals surface area contributed by atoms with Crippen molar-refractivity contribution in [2.75, 3.05) is 5.32 Å². The monoisotopic (exact) mass is 281 g/mol. The number of rotatable bonds is 4. The number of nitrogens with zero attached hydrogens (tertiary/aromatic N) is 2. The molecule has 2 N–H and O–H groups in total. The van der Waals surface area contributed by atoms with E-state index >= 15 is 0 Å². The van der Waals surface area contributed by atoms with E-state index in [1.165, 1.54) is 6.07 Å². The van der Waals surface area contributed by atoms with Crippen LogP contribution < -0.4 is 5.32 Å². The van der Waals surface area contributed by atoms with E-state index in [1.807, 2.05) is 19.9 Å². The molecule has 5 heteroatoms. The number of pyridine rings is 1. The van der Waals surface area contributed by atoms with E-state index in [4.69, 9.17) is 10.4 Å². The molecular weight excluding hydrogens is 266 g/mol. The summed E-state index contributed by atoms with van der Waals surface area (Å²) in [6.45, 7) is 3.82. The second-order valence-corrected chi connectivity index (χ2v) is 4.66. The average molecular weight is 281 g/mol. The topological polar surface area (TPSA) is 86.0 Å². The van der Waals surface area contributed by atoms with Gasteiger partial charge in [-0.2, -0.15) is 5.26 Å². The van der Waals surface area contributed by atoms with Crippen LogP contribution in [0.2, 0.25) is 0 Å². The molecule has 0 amide bonds. The number of aromatic carboxylic acids is 1. The van der Waals surface area contributed by atoms with Crippen LogP contribution in [0.4, 0.5) is 11.5 Å². The predicted molar refractivity (Wildman–Crippen MR) is 79.8 cm³/mol. The van der Waals surface area contributed by atoms with E-state index < -0.39 is 5.97 Å². The normalized spacial score (nSPS) is 9.95. The molecule has 0 aliphatic rings. The number of nitrogens with one attached hydrogen (secondary N) is 1. The molecule has 1 aromatic heterocycles. The molecule has 0 fully saturated rings. The zero-order valence-corrected chi connectivity index (χ0v) is 11.8. The van der Waals surface area contributed by atoms with Gasteiger partial charge in [0.05, 0.1) is 17.2 Å². The molecule has 0 unspecified atom stereocenters. The lowest BCUT2D eigenvalue weighted by Crippen LogP contribution is -2.04. The summed E-state index contributed by atoms with van der Waals surface area (Å²) in [6.07, 6.45) is 0.646. The Morgan fingerprint density at radius 3 is 2.76 bits per heavy atom. The molecule has 0 spiro atoms. The summed E-state index contributed by atoms with van der Waals surface area (Å²) in [7, 11) is 0. The largest absolute Gasteiger partial charge is 0.478 e. The van der Waals surface area contributed by atoms with Crippen LogP contribution in [-0.2, 0) is 6.42 Å². The third-order valence-corrected chi connectivity index (χ3v) is 3.12. The molecule has 0 bridgehead atoms. The van der Waals surface area contributed by atoms with E-state index in [1.54, 1.807) is 18.2 Å². The maximum absolute atomic E-state index is 11.1. The number of aromatic nitrogens is 1. The van der Waals surface area contributed by atoms with Crippen molar-refractivity contribution >= 4 is 17.5 Å². The minimum atomic E-state index is -0.988. The number of carboxylic acids is 1. The Morgan fingerprint density at radius 2 is 2.14 bits per heavy atom. The SMILES string of the molecule is CCc1cc(C(=O)O)cc(Nc2cc(C#N)ccc2C)n1. The van der Waals surface area contributed by atoms with Gasteiger partial charge in [-0.25, -0.2) is 9.78 Å². The van der Waals surface area contributed by atoms with Crippen molar-refractivity contribution in [2.24, 2.45) is 0 Å². The first-order valence-corrected chi connectivity index (χ1v) is 6.55. The van der Waals surface area contributed by atoms with E-state index in [-0.39, 0.29) is 5.56 Å². The molecule has 2 aromatic rings. The number of nitriles is 1. The summed E-state index contributed by atoms with van der Waals surface area (Å²) in [5.41, 5.74) is 3.12. The molecular formula is C16H15N3O2. The van der Waals surface area contributed by atoms with Crippen molar-refractivity contribution in [3.63, 3.8) is 0 Å². The van der Waals surface area contributed by atoms with Gasteiger partial charge >= 0.3 is 5.97 Å². The van der Waals surface area contributed by atoms with Gasteiger partial charge in [-0.15, -0.1) is 0 Å². The molecule has 21 heavy (non-hydrogen) atoms. The van der Waals surface area contributed by atoms with Crippen LogP contribution in [0, 0.1) is 18.3 Å². The maximum atomic E-state index is 11.1. The number of aryl methyl sites for hydroxylation is 2. The molecule has 0 atom stereocenters. The zero-order chi connectivity index (χ0) is 15.4. The van der Waals surface area contributed by atoms with Crippen molar-refractivity contribution in [2.45, 2.75) is 20.3 Å². The molecule has 2 rings (SSSR count). The first kappa shape index (κ1) is 14.5. The summed E-state index contributed by atoms with van der Waals surface area (Å²) in [4.78, 5) is 15.5. The molecule has 1 heterocycles. The third-order valence-electron chi connectivity index (χ3n) is 3.12. The van der Waals surface area contributed by atoms with Crippen molar-refractivity contribution in [3.8, 4) is 6.07 Å². The number of carbonyl (C=O) groups is 1. The second-order valence-electron chi connectivity index (χ2n) is 4.66. The van der Waals surface area contributed by atoms with Gasteiger partial charge in [-0.05, 0) is 43.2 Å². The Kier molecular flexibility index (Phi) is 4.19. The first-order chi connectivity index (χ1) is 10.0. The third kappa shape index (κ3) is 3.37. The number of benzene rings is 1. The molecule has 106 valence electrons. The standard InChI is InChI=1S/C16H15N3O2/c1-3-13-7-12(16(20)21)8-15(18-13)19-14-6-11(9-17)5-4-10(14)2/h4-8H,3H2,1-2H3,(H,18,19)(H,20,21). The van der Waals surface area contributed by atoms with E-state index in [0.717, 1.165) is 11.3 Å². The summed E-state index contributed by atoms with van der Waals surface area (Å²) in [5, 5.41) is 21.2. The highest BCUT2D eigenvalue weighted by Gasteiger charge is 2.09. The van der Waals surface area contributed by atoms with Gasteiger partial charge in [0, 0.05) is 11.4 Å². The molecule has 0 saturated carbocycles. The van der Waals surface area contributed by atoms with Crippen LogP contribution in [0.25, 0.3) is 0 Å². The highest BCUT2D eigenvalue weighted by atomic mass is 16.4. The lowest BCUT2D eigenvalue weighted by Gasteiger charge is -2.11. The first-order valence-electron chi connectivity index (χ1n) is 6.55. The van der Waals surface area contributed by atoms with Crippen LogP contribution in [0.3, 0.4) is 0 Å². The fourth-order valence-electron chi connectivity index (χ4n) is 1.92. The number of anilines is 2. The van der Waals surface area contributed by atoms with E-state index in [9.17, 15) is 4.79 Å². The Hall–Kier alpha value is -2.87. The van der Waals surface area contributed by atoms with E-state index in [2.05, 4.69) is 16.4 Å². The highest BCUT2D eigenvalue weighted by molar-refractivity contribution is 5.89. The van der Waals surface area contributed by atoms with Crippen molar-refractivity contribution in [1.82, 2.24) is 4.98 Å². The van der Waals surface area contributed by atoms with E-state index in [0.29, 0.717) is 23.5 Å². The zero-order valence-electron chi connectivity index (χ0n) is 11.8. The summed E-state index contributed by atoms with van der Waals surface area (Å²) in [5.74, 6) is -0.525. The molecule has 0 radical (unpaired) electrons. The van der Waals surface area contributed by atoms with Crippen LogP contribution in [-0.4, -0.2) is 16.1 Å². The summed E-state index contributed by atoms with van der Waals surface area (Å²) in [6, 6.07) is 10.4. The Balaban J connectivity index is 2.41. The molecule has 5 nitrogen and oxygen atoms in total. The summed E-state index contributed by atoms with van der Waals surface area (Å²) < 4.78 is 0. The minimum absolute atomic E-state index is 0.193. The Bertz CT molecular complexity index is 733. The number of carboxylic acid groups (broad SMARTS) is 1. The second kappa shape index (κ2) is 6.06. The van der Waals surface area contributed by atoms with Crippen LogP contribution in [0.1, 0.15) is 34.1 Å². The molecule has 0 aliphatic heterocycles. The van der Waals surface area contributed by atoms with Gasteiger partial charge in [0.25, 0.3) is 0 Å². The lowest BCUT2D eigenvalue weighted by molar-refractivity contribution is 0.0696.